The van der Waals surface area contributed by atoms with Gasteiger partial charge < -0.3 is 4.57 Å². The fourth-order valence-electron chi connectivity index (χ4n) is 7.82. The van der Waals surface area contributed by atoms with E-state index in [1.807, 2.05) is 146 Å². The molecule has 0 unspecified atom stereocenters. The van der Waals surface area contributed by atoms with Crippen LogP contribution in [-0.2, 0) is 4.57 Å². The fraction of sp³-hybridized carbons (Fsp3) is 0. The second kappa shape index (κ2) is 15.0. The quantitative estimate of drug-likeness (QED) is 0.114. The second-order valence-corrected chi connectivity index (χ2v) is 16.9. The van der Waals surface area contributed by atoms with E-state index in [1.54, 1.807) is 0 Å². The standard InChI is InChI=1S/C52H35N4OP/c57-58(40-24-12-4-13-25-40,41-26-14-5-15-27-41)42-34-32-39(33-35-42)51-54-50(38-22-10-3-11-23-38)55-52(56-51)46-31-17-30-45-47-43(36-18-6-1-7-19-36)28-16-29-44(47)48(53-49(45)46)37-20-8-2-9-21-37/h1-35H. The third kappa shape index (κ3) is 6.28. The SMILES string of the molecule is O=P(c1ccccc1)(c1ccccc1)c1ccc(-c2nc(-c3ccccc3)nc(-c3cccc4c3nc(-c3ccccc3)c3cccc(-c5ccccc5)c34)n2)cc1. The molecular weight excluding hydrogens is 728 g/mol. The van der Waals surface area contributed by atoms with E-state index in [-0.39, 0.29) is 0 Å². The first-order valence-electron chi connectivity index (χ1n) is 19.3. The molecule has 2 aromatic heterocycles. The Morgan fingerprint density at radius 3 is 1.31 bits per heavy atom. The maximum absolute atomic E-state index is 15.2. The van der Waals surface area contributed by atoms with Crippen LogP contribution in [0.2, 0.25) is 0 Å². The van der Waals surface area contributed by atoms with Crippen molar-refractivity contribution in [2.24, 2.45) is 0 Å². The monoisotopic (exact) mass is 762 g/mol. The molecule has 0 fully saturated rings. The number of hydrogen-bond acceptors (Lipinski definition) is 5. The number of aromatic nitrogens is 4. The molecule has 0 spiro atoms. The Balaban J connectivity index is 1.19. The van der Waals surface area contributed by atoms with Crippen molar-refractivity contribution in [2.45, 2.75) is 0 Å². The van der Waals surface area contributed by atoms with Crippen molar-refractivity contribution in [1.29, 1.82) is 0 Å². The van der Waals surface area contributed by atoms with Crippen LogP contribution in [0.1, 0.15) is 0 Å². The molecule has 58 heavy (non-hydrogen) atoms. The highest BCUT2D eigenvalue weighted by molar-refractivity contribution is 7.85. The maximum Gasteiger partial charge on any atom is 0.171 e. The Hall–Kier alpha value is -7.33. The zero-order chi connectivity index (χ0) is 38.9. The van der Waals surface area contributed by atoms with Crippen LogP contribution in [0.3, 0.4) is 0 Å². The van der Waals surface area contributed by atoms with Crippen molar-refractivity contribution in [2.75, 3.05) is 0 Å². The maximum atomic E-state index is 15.2. The van der Waals surface area contributed by atoms with E-state index >= 15 is 4.57 Å². The van der Waals surface area contributed by atoms with Gasteiger partial charge in [-0.25, -0.2) is 19.9 Å². The number of benzene rings is 8. The summed E-state index contributed by atoms with van der Waals surface area (Å²) in [5, 5.41) is 5.50. The largest absolute Gasteiger partial charge is 0.309 e. The van der Waals surface area contributed by atoms with Crippen LogP contribution in [0.25, 0.3) is 78.2 Å². The van der Waals surface area contributed by atoms with Gasteiger partial charge in [-0.15, -0.1) is 0 Å². The molecule has 10 aromatic rings. The van der Waals surface area contributed by atoms with Crippen molar-refractivity contribution in [3.8, 4) is 56.5 Å². The number of nitrogens with zero attached hydrogens (tertiary/aromatic N) is 4. The van der Waals surface area contributed by atoms with Gasteiger partial charge in [-0.2, -0.15) is 0 Å². The smallest absolute Gasteiger partial charge is 0.171 e. The normalized spacial score (nSPS) is 11.5. The van der Waals surface area contributed by atoms with E-state index in [4.69, 9.17) is 19.9 Å². The molecule has 8 aromatic carbocycles. The summed E-state index contributed by atoms with van der Waals surface area (Å²) in [5.74, 6) is 1.58. The lowest BCUT2D eigenvalue weighted by atomic mass is 9.92. The third-order valence-electron chi connectivity index (χ3n) is 10.6. The highest BCUT2D eigenvalue weighted by atomic mass is 31.2. The summed E-state index contributed by atoms with van der Waals surface area (Å²) in [6.07, 6.45) is 0. The van der Waals surface area contributed by atoms with Crippen LogP contribution in [0, 0.1) is 0 Å². The predicted octanol–water partition coefficient (Wildman–Crippen LogP) is 11.5. The molecule has 0 aliphatic rings. The molecule has 0 saturated heterocycles. The molecule has 0 N–H and O–H groups in total. The molecule has 0 aliphatic carbocycles. The minimum Gasteiger partial charge on any atom is -0.309 e. The van der Waals surface area contributed by atoms with Gasteiger partial charge >= 0.3 is 0 Å². The average molecular weight is 763 g/mol. The topological polar surface area (TPSA) is 68.6 Å². The van der Waals surface area contributed by atoms with Crippen LogP contribution in [-0.4, -0.2) is 19.9 Å². The van der Waals surface area contributed by atoms with E-state index in [0.717, 1.165) is 76.7 Å². The molecule has 0 bridgehead atoms. The average Bonchev–Trinajstić information content (AvgIpc) is 3.32. The van der Waals surface area contributed by atoms with Crippen molar-refractivity contribution < 1.29 is 4.57 Å². The van der Waals surface area contributed by atoms with Gasteiger partial charge in [0.25, 0.3) is 0 Å². The summed E-state index contributed by atoms with van der Waals surface area (Å²) in [7, 11) is -3.17. The molecule has 0 atom stereocenters. The van der Waals surface area contributed by atoms with E-state index in [9.17, 15) is 0 Å². The Morgan fingerprint density at radius 1 is 0.310 bits per heavy atom. The summed E-state index contributed by atoms with van der Waals surface area (Å²) in [6.45, 7) is 0. The molecule has 5 nitrogen and oxygen atoms in total. The summed E-state index contributed by atoms with van der Waals surface area (Å²) >= 11 is 0. The molecule has 0 saturated carbocycles. The Labute approximate surface area is 336 Å². The van der Waals surface area contributed by atoms with Crippen molar-refractivity contribution >= 4 is 44.7 Å². The molecular formula is C52H35N4OP. The zero-order valence-corrected chi connectivity index (χ0v) is 32.2. The van der Waals surface area contributed by atoms with E-state index in [1.165, 1.54) is 0 Å². The molecule has 10 rings (SSSR count). The first-order valence-corrected chi connectivity index (χ1v) is 21.0. The lowest BCUT2D eigenvalue weighted by Crippen LogP contribution is -2.24. The predicted molar refractivity (Wildman–Crippen MR) is 239 cm³/mol. The third-order valence-corrected chi connectivity index (χ3v) is 13.7. The Bertz CT molecular complexity index is 3060. The Morgan fingerprint density at radius 2 is 0.741 bits per heavy atom. The van der Waals surface area contributed by atoms with Gasteiger partial charge in [-0.05, 0) is 17.2 Å². The minimum atomic E-state index is -3.17. The summed E-state index contributed by atoms with van der Waals surface area (Å²) in [5.41, 5.74) is 7.44. The molecule has 2 heterocycles. The first kappa shape index (κ1) is 35.1. The fourth-order valence-corrected chi connectivity index (χ4v) is 10.5. The lowest BCUT2D eigenvalue weighted by molar-refractivity contribution is 0.592. The van der Waals surface area contributed by atoms with Crippen LogP contribution < -0.4 is 15.9 Å². The van der Waals surface area contributed by atoms with Gasteiger partial charge in [0.1, 0.15) is 0 Å². The van der Waals surface area contributed by atoms with E-state index < -0.39 is 7.14 Å². The minimum absolute atomic E-state index is 0.510. The van der Waals surface area contributed by atoms with Gasteiger partial charge in [-0.3, -0.25) is 0 Å². The number of hydrogen-bond donors (Lipinski definition) is 0. The van der Waals surface area contributed by atoms with Gasteiger partial charge in [-0.1, -0.05) is 206 Å². The van der Waals surface area contributed by atoms with Crippen molar-refractivity contribution in [3.63, 3.8) is 0 Å². The van der Waals surface area contributed by atoms with Crippen molar-refractivity contribution in [3.05, 3.63) is 212 Å². The number of para-hydroxylation sites is 1. The summed E-state index contributed by atoms with van der Waals surface area (Å²) in [6, 6.07) is 70.8. The van der Waals surface area contributed by atoms with Crippen molar-refractivity contribution in [1.82, 2.24) is 19.9 Å². The van der Waals surface area contributed by atoms with Crippen LogP contribution >= 0.6 is 7.14 Å². The Kier molecular flexibility index (Phi) is 9.06. The molecule has 6 heteroatoms. The van der Waals surface area contributed by atoms with E-state index in [0.29, 0.717) is 17.5 Å². The van der Waals surface area contributed by atoms with Gasteiger partial charge in [0.2, 0.25) is 0 Å². The van der Waals surface area contributed by atoms with Crippen LogP contribution in [0.5, 0.6) is 0 Å². The zero-order valence-electron chi connectivity index (χ0n) is 31.4. The lowest BCUT2D eigenvalue weighted by Gasteiger charge is -2.20. The molecule has 274 valence electrons. The summed E-state index contributed by atoms with van der Waals surface area (Å²) in [4.78, 5) is 20.8. The van der Waals surface area contributed by atoms with Crippen LogP contribution in [0.4, 0.5) is 0 Å². The second-order valence-electron chi connectivity index (χ2n) is 14.1. The van der Waals surface area contributed by atoms with Gasteiger partial charge in [0.05, 0.1) is 11.2 Å². The number of rotatable bonds is 8. The van der Waals surface area contributed by atoms with E-state index in [2.05, 4.69) is 66.7 Å². The van der Waals surface area contributed by atoms with Gasteiger partial charge in [0, 0.05) is 54.3 Å². The highest BCUT2D eigenvalue weighted by Crippen LogP contribution is 2.43. The molecule has 0 amide bonds. The molecule has 0 aliphatic heterocycles. The molecule has 0 radical (unpaired) electrons. The number of fused-ring (bicyclic) bond motifs is 3. The number of pyridine rings is 1. The highest BCUT2D eigenvalue weighted by Gasteiger charge is 2.29. The van der Waals surface area contributed by atoms with Gasteiger partial charge in [0.15, 0.2) is 24.6 Å². The summed E-state index contributed by atoms with van der Waals surface area (Å²) < 4.78 is 15.2. The first-order chi connectivity index (χ1) is 28.6. The van der Waals surface area contributed by atoms with Crippen LogP contribution in [0.15, 0.2) is 212 Å².